The van der Waals surface area contributed by atoms with E-state index in [1.807, 2.05) is 11.0 Å². The second-order valence-corrected chi connectivity index (χ2v) is 4.68. The maximum atomic E-state index is 11.3. The predicted molar refractivity (Wildman–Crippen MR) is 71.8 cm³/mol. The van der Waals surface area contributed by atoms with Gasteiger partial charge in [-0.05, 0) is 25.0 Å². The normalized spacial score (nSPS) is 18.7. The van der Waals surface area contributed by atoms with E-state index in [0.29, 0.717) is 17.9 Å². The number of anilines is 1. The quantitative estimate of drug-likeness (QED) is 0.886. The first-order valence-electron chi connectivity index (χ1n) is 6.28. The summed E-state index contributed by atoms with van der Waals surface area (Å²) in [7, 11) is 1.59. The molecule has 1 unspecified atom stereocenters. The topological polar surface area (TPSA) is 79.3 Å². The minimum atomic E-state index is -0.272. The molecule has 0 spiro atoms. The third-order valence-electron chi connectivity index (χ3n) is 3.49. The van der Waals surface area contributed by atoms with E-state index < -0.39 is 0 Å². The first-order valence-corrected chi connectivity index (χ1v) is 6.28. The summed E-state index contributed by atoms with van der Waals surface area (Å²) < 4.78 is 5.19. The molecule has 1 atom stereocenters. The molecule has 1 amide bonds. The molecule has 1 saturated heterocycles. The molecule has 19 heavy (non-hydrogen) atoms. The van der Waals surface area contributed by atoms with Gasteiger partial charge in [0.2, 0.25) is 5.91 Å². The Balaban J connectivity index is 2.29. The molecule has 0 aliphatic carbocycles. The van der Waals surface area contributed by atoms with Crippen LogP contribution >= 0.6 is 0 Å². The van der Waals surface area contributed by atoms with Crippen LogP contribution in [0, 0.1) is 17.2 Å². The lowest BCUT2D eigenvalue weighted by Gasteiger charge is -2.33. The zero-order valence-electron chi connectivity index (χ0n) is 10.9. The van der Waals surface area contributed by atoms with Crippen molar-refractivity contribution >= 4 is 11.6 Å². The Hall–Kier alpha value is -2.22. The highest BCUT2D eigenvalue weighted by Crippen LogP contribution is 2.29. The van der Waals surface area contributed by atoms with Crippen LogP contribution in [-0.2, 0) is 4.79 Å². The van der Waals surface area contributed by atoms with Gasteiger partial charge in [0.15, 0.2) is 0 Å². The Kier molecular flexibility index (Phi) is 3.91. The SMILES string of the molecule is COc1ccc(C#N)c(N2CCCC(C(N)=O)C2)c1. The number of ether oxygens (including phenoxy) is 1. The number of rotatable bonds is 3. The summed E-state index contributed by atoms with van der Waals surface area (Å²) in [6, 6.07) is 7.51. The molecule has 5 nitrogen and oxygen atoms in total. The van der Waals surface area contributed by atoms with Crippen molar-refractivity contribution in [2.24, 2.45) is 11.7 Å². The molecule has 1 aromatic rings. The summed E-state index contributed by atoms with van der Waals surface area (Å²) in [5, 5.41) is 9.18. The summed E-state index contributed by atoms with van der Waals surface area (Å²) in [6.07, 6.45) is 1.72. The van der Waals surface area contributed by atoms with Crippen LogP contribution in [0.4, 0.5) is 5.69 Å². The third-order valence-corrected chi connectivity index (χ3v) is 3.49. The van der Waals surface area contributed by atoms with Crippen molar-refractivity contribution in [3.63, 3.8) is 0 Å². The van der Waals surface area contributed by atoms with Gasteiger partial charge in [0.05, 0.1) is 24.3 Å². The fourth-order valence-corrected chi connectivity index (χ4v) is 2.42. The number of nitrogens with two attached hydrogens (primary N) is 1. The highest BCUT2D eigenvalue weighted by atomic mass is 16.5. The van der Waals surface area contributed by atoms with E-state index in [0.717, 1.165) is 25.1 Å². The summed E-state index contributed by atoms with van der Waals surface area (Å²) in [5.41, 5.74) is 6.78. The van der Waals surface area contributed by atoms with Crippen molar-refractivity contribution in [3.8, 4) is 11.8 Å². The van der Waals surface area contributed by atoms with Crippen LogP contribution in [0.3, 0.4) is 0 Å². The number of nitriles is 1. The lowest BCUT2D eigenvalue weighted by atomic mass is 9.96. The number of hydrogen-bond donors (Lipinski definition) is 1. The number of carbonyl (C=O) groups excluding carboxylic acids is 1. The predicted octanol–water partition coefficient (Wildman–Crippen LogP) is 1.27. The van der Waals surface area contributed by atoms with Crippen LogP contribution in [-0.4, -0.2) is 26.1 Å². The van der Waals surface area contributed by atoms with E-state index in [9.17, 15) is 10.1 Å². The Morgan fingerprint density at radius 3 is 3.00 bits per heavy atom. The van der Waals surface area contributed by atoms with E-state index >= 15 is 0 Å². The summed E-state index contributed by atoms with van der Waals surface area (Å²) >= 11 is 0. The molecule has 0 saturated carbocycles. The number of primary amides is 1. The molecule has 0 bridgehead atoms. The average Bonchev–Trinajstić information content (AvgIpc) is 2.46. The Morgan fingerprint density at radius 2 is 2.37 bits per heavy atom. The van der Waals surface area contributed by atoms with Gasteiger partial charge < -0.3 is 15.4 Å². The van der Waals surface area contributed by atoms with Crippen LogP contribution in [0.1, 0.15) is 18.4 Å². The lowest BCUT2D eigenvalue weighted by Crippen LogP contribution is -2.41. The molecule has 5 heteroatoms. The Labute approximate surface area is 112 Å². The number of piperidine rings is 1. The molecule has 1 aliphatic rings. The van der Waals surface area contributed by atoms with Crippen molar-refractivity contribution in [1.82, 2.24) is 0 Å². The molecule has 100 valence electrons. The van der Waals surface area contributed by atoms with E-state index in [1.165, 1.54) is 0 Å². The van der Waals surface area contributed by atoms with E-state index in [4.69, 9.17) is 10.5 Å². The molecule has 1 fully saturated rings. The van der Waals surface area contributed by atoms with Crippen molar-refractivity contribution in [3.05, 3.63) is 23.8 Å². The maximum Gasteiger partial charge on any atom is 0.222 e. The van der Waals surface area contributed by atoms with Crippen LogP contribution in [0.15, 0.2) is 18.2 Å². The highest BCUT2D eigenvalue weighted by molar-refractivity contribution is 5.78. The van der Waals surface area contributed by atoms with Crippen LogP contribution < -0.4 is 15.4 Å². The number of amides is 1. The summed E-state index contributed by atoms with van der Waals surface area (Å²) in [6.45, 7) is 1.39. The van der Waals surface area contributed by atoms with Gasteiger partial charge in [0.25, 0.3) is 0 Å². The number of carbonyl (C=O) groups is 1. The van der Waals surface area contributed by atoms with Crippen molar-refractivity contribution < 1.29 is 9.53 Å². The van der Waals surface area contributed by atoms with Gasteiger partial charge in [-0.2, -0.15) is 5.26 Å². The molecular weight excluding hydrogens is 242 g/mol. The zero-order valence-corrected chi connectivity index (χ0v) is 10.9. The summed E-state index contributed by atoms with van der Waals surface area (Å²) in [5.74, 6) is 0.285. The lowest BCUT2D eigenvalue weighted by molar-refractivity contribution is -0.122. The van der Waals surface area contributed by atoms with Gasteiger partial charge in [0, 0.05) is 19.2 Å². The van der Waals surface area contributed by atoms with Gasteiger partial charge in [-0.3, -0.25) is 4.79 Å². The standard InChI is InChI=1S/C14H17N3O2/c1-19-12-5-4-10(8-15)13(7-12)17-6-2-3-11(9-17)14(16)18/h4-5,7,11H,2-3,6,9H2,1H3,(H2,16,18). The zero-order chi connectivity index (χ0) is 13.8. The second kappa shape index (κ2) is 5.61. The maximum absolute atomic E-state index is 11.3. The molecule has 2 N–H and O–H groups in total. The van der Waals surface area contributed by atoms with Crippen molar-refractivity contribution in [2.75, 3.05) is 25.1 Å². The first kappa shape index (κ1) is 13.2. The number of hydrogen-bond acceptors (Lipinski definition) is 4. The molecule has 0 aromatic heterocycles. The minimum Gasteiger partial charge on any atom is -0.497 e. The van der Waals surface area contributed by atoms with E-state index in [1.54, 1.807) is 19.2 Å². The summed E-state index contributed by atoms with van der Waals surface area (Å²) in [4.78, 5) is 13.4. The molecular formula is C14H17N3O2. The average molecular weight is 259 g/mol. The second-order valence-electron chi connectivity index (χ2n) is 4.68. The van der Waals surface area contributed by atoms with Crippen LogP contribution in [0.25, 0.3) is 0 Å². The van der Waals surface area contributed by atoms with Gasteiger partial charge >= 0.3 is 0 Å². The number of methoxy groups -OCH3 is 1. The Morgan fingerprint density at radius 1 is 1.58 bits per heavy atom. The number of benzene rings is 1. The van der Waals surface area contributed by atoms with Gasteiger partial charge in [0.1, 0.15) is 11.8 Å². The smallest absolute Gasteiger partial charge is 0.222 e. The van der Waals surface area contributed by atoms with E-state index in [-0.39, 0.29) is 11.8 Å². The highest BCUT2D eigenvalue weighted by Gasteiger charge is 2.25. The van der Waals surface area contributed by atoms with Crippen molar-refractivity contribution in [1.29, 1.82) is 5.26 Å². The molecule has 1 aromatic carbocycles. The fraction of sp³-hybridized carbons (Fsp3) is 0.429. The van der Waals surface area contributed by atoms with Gasteiger partial charge in [-0.1, -0.05) is 0 Å². The monoisotopic (exact) mass is 259 g/mol. The molecule has 1 heterocycles. The Bertz CT molecular complexity index is 522. The van der Waals surface area contributed by atoms with Gasteiger partial charge in [-0.25, -0.2) is 0 Å². The van der Waals surface area contributed by atoms with Crippen LogP contribution in [0.2, 0.25) is 0 Å². The van der Waals surface area contributed by atoms with Gasteiger partial charge in [-0.15, -0.1) is 0 Å². The minimum absolute atomic E-state index is 0.147. The molecule has 0 radical (unpaired) electrons. The number of nitrogens with zero attached hydrogens (tertiary/aromatic N) is 2. The first-order chi connectivity index (χ1) is 9.15. The van der Waals surface area contributed by atoms with E-state index in [2.05, 4.69) is 6.07 Å². The third kappa shape index (κ3) is 2.79. The fourth-order valence-electron chi connectivity index (χ4n) is 2.42. The van der Waals surface area contributed by atoms with Crippen molar-refractivity contribution in [2.45, 2.75) is 12.8 Å². The molecule has 2 rings (SSSR count). The largest absolute Gasteiger partial charge is 0.497 e. The molecule has 1 aliphatic heterocycles. The van der Waals surface area contributed by atoms with Crippen LogP contribution in [0.5, 0.6) is 5.75 Å².